The van der Waals surface area contributed by atoms with Gasteiger partial charge in [0.1, 0.15) is 12.1 Å². The molecule has 1 aliphatic carbocycles. The monoisotopic (exact) mass is 479 g/mol. The summed E-state index contributed by atoms with van der Waals surface area (Å²) in [7, 11) is 0. The number of fused-ring (bicyclic) bond motifs is 3. The number of nitrogens with zero attached hydrogens (tertiary/aromatic N) is 2. The van der Waals surface area contributed by atoms with E-state index in [-0.39, 0.29) is 25.0 Å². The first-order chi connectivity index (χ1) is 16.8. The summed E-state index contributed by atoms with van der Waals surface area (Å²) in [6, 6.07) is 16.3. The molecule has 8 nitrogen and oxygen atoms in total. The van der Waals surface area contributed by atoms with E-state index >= 15 is 0 Å². The van der Waals surface area contributed by atoms with E-state index in [0.717, 1.165) is 22.3 Å². The van der Waals surface area contributed by atoms with Crippen molar-refractivity contribution in [3.8, 4) is 11.1 Å². The van der Waals surface area contributed by atoms with Crippen LogP contribution in [0.1, 0.15) is 43.7 Å². The fourth-order valence-corrected chi connectivity index (χ4v) is 5.03. The predicted molar refractivity (Wildman–Crippen MR) is 132 cm³/mol. The molecular formula is C27H33N3O5. The van der Waals surface area contributed by atoms with E-state index in [4.69, 9.17) is 9.84 Å². The van der Waals surface area contributed by atoms with Crippen molar-refractivity contribution in [2.75, 3.05) is 39.3 Å². The molecular weight excluding hydrogens is 446 g/mol. The lowest BCUT2D eigenvalue weighted by molar-refractivity contribution is -0.138. The summed E-state index contributed by atoms with van der Waals surface area (Å²) >= 11 is 0. The van der Waals surface area contributed by atoms with Gasteiger partial charge in [-0.15, -0.1) is 0 Å². The highest BCUT2D eigenvalue weighted by atomic mass is 16.5. The SMILES string of the molecule is CCC(C)(NC(=O)OCC1c2ccccc2-c2ccccc21)C(=O)N1CCCN(CC(=O)O)CC1. The molecule has 1 atom stereocenters. The van der Waals surface area contributed by atoms with Crippen LogP contribution in [0, 0.1) is 0 Å². The van der Waals surface area contributed by atoms with Crippen LogP contribution in [0.3, 0.4) is 0 Å². The molecule has 1 heterocycles. The first-order valence-corrected chi connectivity index (χ1v) is 12.2. The molecule has 8 heteroatoms. The minimum Gasteiger partial charge on any atom is -0.480 e. The van der Waals surface area contributed by atoms with Gasteiger partial charge in [0.05, 0.1) is 6.54 Å². The number of ether oxygens (including phenoxy) is 1. The Morgan fingerprint density at radius 3 is 2.23 bits per heavy atom. The zero-order chi connectivity index (χ0) is 25.0. The maximum atomic E-state index is 13.4. The molecule has 186 valence electrons. The highest BCUT2D eigenvalue weighted by molar-refractivity contribution is 5.89. The van der Waals surface area contributed by atoms with E-state index in [9.17, 15) is 14.4 Å². The van der Waals surface area contributed by atoms with Gasteiger partial charge in [0.2, 0.25) is 5.91 Å². The summed E-state index contributed by atoms with van der Waals surface area (Å²) in [5.41, 5.74) is 3.47. The van der Waals surface area contributed by atoms with Crippen molar-refractivity contribution in [3.05, 3.63) is 59.7 Å². The van der Waals surface area contributed by atoms with Crippen LogP contribution in [0.15, 0.2) is 48.5 Å². The fraction of sp³-hybridized carbons (Fsp3) is 0.444. The highest BCUT2D eigenvalue weighted by Crippen LogP contribution is 2.44. The number of carboxylic acid groups (broad SMARTS) is 1. The molecule has 0 radical (unpaired) electrons. The van der Waals surface area contributed by atoms with E-state index in [1.165, 1.54) is 0 Å². The summed E-state index contributed by atoms with van der Waals surface area (Å²) in [6.07, 6.45) is 0.474. The molecule has 2 aromatic carbocycles. The lowest BCUT2D eigenvalue weighted by Crippen LogP contribution is -2.58. The number of amides is 2. The molecule has 0 bridgehead atoms. The highest BCUT2D eigenvalue weighted by Gasteiger charge is 2.38. The molecule has 2 N–H and O–H groups in total. The van der Waals surface area contributed by atoms with E-state index < -0.39 is 17.6 Å². The number of hydrogen-bond donors (Lipinski definition) is 2. The van der Waals surface area contributed by atoms with Gasteiger partial charge in [0, 0.05) is 32.1 Å². The molecule has 2 aliphatic rings. The Morgan fingerprint density at radius 1 is 1.00 bits per heavy atom. The Labute approximate surface area is 205 Å². The van der Waals surface area contributed by atoms with Crippen LogP contribution in [0.2, 0.25) is 0 Å². The Kier molecular flexibility index (Phi) is 7.40. The number of aliphatic carboxylic acids is 1. The predicted octanol–water partition coefficient (Wildman–Crippen LogP) is 3.31. The van der Waals surface area contributed by atoms with Crippen LogP contribution in [0.5, 0.6) is 0 Å². The molecule has 1 unspecified atom stereocenters. The first-order valence-electron chi connectivity index (χ1n) is 12.2. The number of carbonyl (C=O) groups is 3. The molecule has 1 saturated heterocycles. The minimum absolute atomic E-state index is 0.0366. The van der Waals surface area contributed by atoms with Crippen molar-refractivity contribution in [1.29, 1.82) is 0 Å². The van der Waals surface area contributed by atoms with E-state index in [0.29, 0.717) is 39.0 Å². The van der Waals surface area contributed by atoms with Crippen molar-refractivity contribution in [2.45, 2.75) is 38.1 Å². The van der Waals surface area contributed by atoms with Gasteiger partial charge in [-0.05, 0) is 42.0 Å². The van der Waals surface area contributed by atoms with Gasteiger partial charge in [0.15, 0.2) is 0 Å². The van der Waals surface area contributed by atoms with Gasteiger partial charge in [-0.3, -0.25) is 14.5 Å². The lowest BCUT2D eigenvalue weighted by atomic mass is 9.96. The molecule has 0 saturated carbocycles. The Bertz CT molecular complexity index is 1060. The average Bonchev–Trinajstić information content (AvgIpc) is 2.98. The topological polar surface area (TPSA) is 99.2 Å². The van der Waals surface area contributed by atoms with Crippen molar-refractivity contribution >= 4 is 18.0 Å². The molecule has 35 heavy (non-hydrogen) atoms. The Hall–Kier alpha value is -3.39. The zero-order valence-electron chi connectivity index (χ0n) is 20.3. The number of hydrogen-bond acceptors (Lipinski definition) is 5. The first kappa shape index (κ1) is 24.7. The number of nitrogens with one attached hydrogen (secondary N) is 1. The van der Waals surface area contributed by atoms with E-state index in [1.807, 2.05) is 36.1 Å². The summed E-state index contributed by atoms with van der Waals surface area (Å²) in [5, 5.41) is 11.9. The van der Waals surface area contributed by atoms with Crippen LogP contribution >= 0.6 is 0 Å². The fourth-order valence-electron chi connectivity index (χ4n) is 5.03. The van der Waals surface area contributed by atoms with Crippen molar-refractivity contribution < 1.29 is 24.2 Å². The summed E-state index contributed by atoms with van der Waals surface area (Å²) in [6.45, 7) is 5.78. The van der Waals surface area contributed by atoms with Gasteiger partial charge in [-0.2, -0.15) is 0 Å². The number of carboxylic acids is 1. The van der Waals surface area contributed by atoms with Crippen LogP contribution < -0.4 is 5.32 Å². The number of alkyl carbamates (subject to hydrolysis) is 1. The molecule has 2 aromatic rings. The zero-order valence-corrected chi connectivity index (χ0v) is 20.3. The Balaban J connectivity index is 1.39. The van der Waals surface area contributed by atoms with E-state index in [2.05, 4.69) is 29.6 Å². The molecule has 0 spiro atoms. The summed E-state index contributed by atoms with van der Waals surface area (Å²) in [4.78, 5) is 40.8. The van der Waals surface area contributed by atoms with Crippen LogP contribution in [0.4, 0.5) is 4.79 Å². The average molecular weight is 480 g/mol. The molecule has 2 amide bonds. The second kappa shape index (κ2) is 10.5. The second-order valence-corrected chi connectivity index (χ2v) is 9.45. The third-order valence-corrected chi connectivity index (χ3v) is 7.14. The standard InChI is InChI=1S/C27H33N3O5/c1-3-27(2,25(33)30-14-8-13-29(15-16-30)17-24(31)32)28-26(34)35-18-23-21-11-6-4-9-19(21)20-10-5-7-12-22(20)23/h4-7,9-12,23H,3,8,13-18H2,1-2H3,(H,28,34)(H,31,32). The number of rotatable bonds is 7. The second-order valence-electron chi connectivity index (χ2n) is 9.45. The summed E-state index contributed by atoms with van der Waals surface area (Å²) < 4.78 is 5.67. The van der Waals surface area contributed by atoms with Gasteiger partial charge in [0.25, 0.3) is 0 Å². The third-order valence-electron chi connectivity index (χ3n) is 7.14. The smallest absolute Gasteiger partial charge is 0.408 e. The van der Waals surface area contributed by atoms with E-state index in [1.54, 1.807) is 11.8 Å². The third kappa shape index (κ3) is 5.32. The maximum Gasteiger partial charge on any atom is 0.408 e. The molecule has 4 rings (SSSR count). The van der Waals surface area contributed by atoms with Crippen LogP contribution in [0.25, 0.3) is 11.1 Å². The van der Waals surface area contributed by atoms with Crippen LogP contribution in [-0.2, 0) is 14.3 Å². The van der Waals surface area contributed by atoms with Gasteiger partial charge in [-0.1, -0.05) is 55.5 Å². The number of benzene rings is 2. The van der Waals surface area contributed by atoms with Crippen molar-refractivity contribution in [3.63, 3.8) is 0 Å². The number of carbonyl (C=O) groups excluding carboxylic acids is 2. The normalized spacial score (nSPS) is 17.6. The quantitative estimate of drug-likeness (QED) is 0.632. The molecule has 1 fully saturated rings. The minimum atomic E-state index is -1.11. The van der Waals surface area contributed by atoms with Gasteiger partial charge >= 0.3 is 12.1 Å². The largest absolute Gasteiger partial charge is 0.480 e. The van der Waals surface area contributed by atoms with Crippen LogP contribution in [-0.4, -0.2) is 77.7 Å². The molecule has 1 aliphatic heterocycles. The molecule has 0 aromatic heterocycles. The van der Waals surface area contributed by atoms with Crippen molar-refractivity contribution in [1.82, 2.24) is 15.1 Å². The Morgan fingerprint density at radius 2 is 1.63 bits per heavy atom. The maximum absolute atomic E-state index is 13.4. The summed E-state index contributed by atoms with van der Waals surface area (Å²) in [5.74, 6) is -1.10. The van der Waals surface area contributed by atoms with Gasteiger partial charge in [-0.25, -0.2) is 4.79 Å². The van der Waals surface area contributed by atoms with Crippen molar-refractivity contribution in [2.24, 2.45) is 0 Å². The van der Waals surface area contributed by atoms with Gasteiger partial charge < -0.3 is 20.1 Å². The lowest BCUT2D eigenvalue weighted by Gasteiger charge is -2.34.